The number of nitrogens with zero attached hydrogens (tertiary/aromatic N) is 3. The molecule has 0 fully saturated rings. The van der Waals surface area contributed by atoms with Crippen LogP contribution < -0.4 is 15.1 Å². The Morgan fingerprint density at radius 3 is 2.78 bits per heavy atom. The first-order valence-electron chi connectivity index (χ1n) is 9.22. The van der Waals surface area contributed by atoms with Crippen LogP contribution in [0.2, 0.25) is 0 Å². The van der Waals surface area contributed by atoms with E-state index >= 15 is 0 Å². The van der Waals surface area contributed by atoms with Crippen LogP contribution in [0.1, 0.15) is 10.6 Å². The Bertz CT molecular complexity index is 1530. The Hall–Kier alpha value is -4.49. The van der Waals surface area contributed by atoms with Crippen molar-refractivity contribution in [3.05, 3.63) is 79.0 Å². The second-order valence-corrected chi connectivity index (χ2v) is 7.57. The number of rotatable bonds is 4. The minimum absolute atomic E-state index is 0.0328. The van der Waals surface area contributed by atoms with Crippen molar-refractivity contribution in [3.63, 3.8) is 0 Å². The quantitative estimate of drug-likeness (QED) is 0.193. The van der Waals surface area contributed by atoms with Gasteiger partial charge in [0.25, 0.3) is 5.69 Å². The Morgan fingerprint density at radius 2 is 2.00 bits per heavy atom. The number of aromatic nitrogens is 1. The van der Waals surface area contributed by atoms with E-state index in [2.05, 4.69) is 4.98 Å². The van der Waals surface area contributed by atoms with Gasteiger partial charge in [0.15, 0.2) is 11.5 Å². The summed E-state index contributed by atoms with van der Waals surface area (Å²) in [5, 5.41) is 23.9. The van der Waals surface area contributed by atoms with Crippen LogP contribution in [0.15, 0.2) is 57.1 Å². The first kappa shape index (κ1) is 19.5. The Morgan fingerprint density at radius 1 is 1.22 bits per heavy atom. The normalized spacial score (nSPS) is 12.7. The zero-order valence-corrected chi connectivity index (χ0v) is 16.9. The molecular formula is C22H11N3O6S. The molecule has 0 atom stereocenters. The van der Waals surface area contributed by atoms with E-state index in [1.54, 1.807) is 23.6 Å². The SMILES string of the molecule is N#C/C(=C/c1cc2c(cc1[N+](=O)[O-])OCO2)c1nc(-c2cc3ccccc3oc2=O)cs1. The molecule has 0 saturated heterocycles. The first-order chi connectivity index (χ1) is 15.5. The molecule has 5 rings (SSSR count). The molecule has 0 saturated carbocycles. The van der Waals surface area contributed by atoms with Crippen LogP contribution in [-0.2, 0) is 0 Å². The molecule has 32 heavy (non-hydrogen) atoms. The molecule has 0 unspecified atom stereocenters. The predicted molar refractivity (Wildman–Crippen MR) is 116 cm³/mol. The molecule has 0 aliphatic carbocycles. The molecule has 10 heteroatoms. The minimum atomic E-state index is -0.559. The molecule has 0 spiro atoms. The number of thiazole rings is 1. The van der Waals surface area contributed by atoms with E-state index < -0.39 is 10.5 Å². The first-order valence-corrected chi connectivity index (χ1v) is 10.1. The van der Waals surface area contributed by atoms with Gasteiger partial charge in [-0.05, 0) is 24.3 Å². The van der Waals surface area contributed by atoms with Crippen LogP contribution in [-0.4, -0.2) is 16.7 Å². The monoisotopic (exact) mass is 445 g/mol. The highest BCUT2D eigenvalue weighted by molar-refractivity contribution is 7.11. The van der Waals surface area contributed by atoms with Gasteiger partial charge < -0.3 is 13.9 Å². The third-order valence-corrected chi connectivity index (χ3v) is 5.67. The topological polar surface area (TPSA) is 128 Å². The van der Waals surface area contributed by atoms with Crippen molar-refractivity contribution in [3.8, 4) is 28.8 Å². The fourth-order valence-corrected chi connectivity index (χ4v) is 4.07. The van der Waals surface area contributed by atoms with Gasteiger partial charge in [0.05, 0.1) is 33.4 Å². The van der Waals surface area contributed by atoms with Crippen molar-refractivity contribution in [2.45, 2.75) is 0 Å². The number of nitro benzene ring substituents is 1. The molecule has 0 radical (unpaired) electrons. The summed E-state index contributed by atoms with van der Waals surface area (Å²) in [6.07, 6.45) is 1.37. The van der Waals surface area contributed by atoms with Gasteiger partial charge in [0, 0.05) is 10.8 Å². The minimum Gasteiger partial charge on any atom is -0.454 e. The zero-order chi connectivity index (χ0) is 22.2. The summed E-state index contributed by atoms with van der Waals surface area (Å²) in [6, 6.07) is 13.5. The molecule has 0 bridgehead atoms. The maximum Gasteiger partial charge on any atom is 0.345 e. The molecule has 156 valence electrons. The molecule has 1 aliphatic rings. The third kappa shape index (κ3) is 3.36. The van der Waals surface area contributed by atoms with E-state index in [4.69, 9.17) is 13.9 Å². The summed E-state index contributed by atoms with van der Waals surface area (Å²) < 4.78 is 15.8. The second-order valence-electron chi connectivity index (χ2n) is 6.71. The predicted octanol–water partition coefficient (Wildman–Crippen LogP) is 4.62. The van der Waals surface area contributed by atoms with Crippen molar-refractivity contribution in [1.82, 2.24) is 4.98 Å². The van der Waals surface area contributed by atoms with Crippen molar-refractivity contribution < 1.29 is 18.8 Å². The highest BCUT2D eigenvalue weighted by atomic mass is 32.1. The molecule has 2 aromatic heterocycles. The lowest BCUT2D eigenvalue weighted by Gasteiger charge is -2.02. The molecule has 9 nitrogen and oxygen atoms in total. The summed E-state index contributed by atoms with van der Waals surface area (Å²) >= 11 is 1.14. The second kappa shape index (κ2) is 7.64. The van der Waals surface area contributed by atoms with Crippen molar-refractivity contribution >= 4 is 39.6 Å². The highest BCUT2D eigenvalue weighted by Gasteiger charge is 2.23. The molecule has 1 aliphatic heterocycles. The fourth-order valence-electron chi connectivity index (χ4n) is 3.28. The van der Waals surface area contributed by atoms with E-state index in [-0.39, 0.29) is 34.9 Å². The van der Waals surface area contributed by atoms with Crippen LogP contribution in [0.3, 0.4) is 0 Å². The Labute approximate surface area is 183 Å². The van der Waals surface area contributed by atoms with Crippen molar-refractivity contribution in [2.24, 2.45) is 0 Å². The average Bonchev–Trinajstić information content (AvgIpc) is 3.45. The molecule has 3 heterocycles. The average molecular weight is 445 g/mol. The lowest BCUT2D eigenvalue weighted by molar-refractivity contribution is -0.385. The van der Waals surface area contributed by atoms with Gasteiger partial charge in [0.1, 0.15) is 16.7 Å². The standard InChI is InChI=1S/C22H11N3O6S/c23-9-14(5-13-7-19-20(30-11-29-19)8-17(13)25(27)28)21-24-16(10-32-21)15-6-12-3-1-2-4-18(12)31-22(15)26/h1-8,10H,11H2/b14-5-. The van der Waals surface area contributed by atoms with E-state index in [9.17, 15) is 20.2 Å². The maximum atomic E-state index is 12.4. The van der Waals surface area contributed by atoms with Gasteiger partial charge in [-0.15, -0.1) is 11.3 Å². The Balaban J connectivity index is 1.57. The van der Waals surface area contributed by atoms with E-state index in [0.29, 0.717) is 22.0 Å². The summed E-state index contributed by atoms with van der Waals surface area (Å²) in [6.45, 7) is -0.0328. The number of allylic oxidation sites excluding steroid dienone is 1. The van der Waals surface area contributed by atoms with Gasteiger partial charge in [0.2, 0.25) is 6.79 Å². The van der Waals surface area contributed by atoms with Gasteiger partial charge in [-0.25, -0.2) is 9.78 Å². The summed E-state index contributed by atoms with van der Waals surface area (Å²) in [5.41, 5.74) is 0.586. The van der Waals surface area contributed by atoms with Crippen LogP contribution in [0.5, 0.6) is 11.5 Å². The number of para-hydroxylation sites is 1. The highest BCUT2D eigenvalue weighted by Crippen LogP contribution is 2.39. The number of hydrogen-bond acceptors (Lipinski definition) is 9. The van der Waals surface area contributed by atoms with Crippen molar-refractivity contribution in [1.29, 1.82) is 5.26 Å². The molecule has 0 N–H and O–H groups in total. The number of fused-ring (bicyclic) bond motifs is 2. The number of benzene rings is 2. The molecule has 4 aromatic rings. The van der Waals surface area contributed by atoms with Crippen molar-refractivity contribution in [2.75, 3.05) is 6.79 Å². The summed E-state index contributed by atoms with van der Waals surface area (Å²) in [4.78, 5) is 27.8. The Kier molecular flexibility index (Phi) is 4.65. The number of nitriles is 1. The smallest absolute Gasteiger partial charge is 0.345 e. The zero-order valence-electron chi connectivity index (χ0n) is 16.1. The fraction of sp³-hybridized carbons (Fsp3) is 0.0455. The van der Waals surface area contributed by atoms with Crippen LogP contribution in [0.25, 0.3) is 33.9 Å². The van der Waals surface area contributed by atoms with E-state index in [0.717, 1.165) is 16.7 Å². The lowest BCUT2D eigenvalue weighted by Crippen LogP contribution is -2.02. The molecular weight excluding hydrogens is 434 g/mol. The van der Waals surface area contributed by atoms with Gasteiger partial charge in [-0.3, -0.25) is 10.1 Å². The van der Waals surface area contributed by atoms with E-state index in [1.807, 2.05) is 18.2 Å². The molecule has 0 amide bonds. The maximum absolute atomic E-state index is 12.4. The summed E-state index contributed by atoms with van der Waals surface area (Å²) in [7, 11) is 0. The number of hydrogen-bond donors (Lipinski definition) is 0. The third-order valence-electron chi connectivity index (χ3n) is 4.79. The number of nitro groups is 1. The van der Waals surface area contributed by atoms with Crippen LogP contribution in [0.4, 0.5) is 5.69 Å². The van der Waals surface area contributed by atoms with Gasteiger partial charge >= 0.3 is 5.63 Å². The van der Waals surface area contributed by atoms with Gasteiger partial charge in [-0.2, -0.15) is 5.26 Å². The van der Waals surface area contributed by atoms with Gasteiger partial charge in [-0.1, -0.05) is 18.2 Å². The largest absolute Gasteiger partial charge is 0.454 e. The molecule has 2 aromatic carbocycles. The van der Waals surface area contributed by atoms with E-state index in [1.165, 1.54) is 18.2 Å². The summed E-state index contributed by atoms with van der Waals surface area (Å²) in [5.74, 6) is 0.625. The van der Waals surface area contributed by atoms with Crippen LogP contribution >= 0.6 is 11.3 Å². The number of ether oxygens (including phenoxy) is 2. The lowest BCUT2D eigenvalue weighted by atomic mass is 10.1. The van der Waals surface area contributed by atoms with Crippen LogP contribution in [0, 0.1) is 21.4 Å².